The molecule has 11 heavy (non-hydrogen) atoms. The third-order valence-electron chi connectivity index (χ3n) is 1.21. The summed E-state index contributed by atoms with van der Waals surface area (Å²) in [5.74, 6) is 0.596. The highest BCUT2D eigenvalue weighted by Crippen LogP contribution is 2.15. The van der Waals surface area contributed by atoms with Gasteiger partial charge in [0, 0.05) is 6.54 Å². The monoisotopic (exact) mass is 281 g/mol. The molecule has 1 aromatic rings. The van der Waals surface area contributed by atoms with E-state index in [9.17, 15) is 0 Å². The van der Waals surface area contributed by atoms with Gasteiger partial charge in [0.1, 0.15) is 0 Å². The van der Waals surface area contributed by atoms with Crippen molar-refractivity contribution in [3.63, 3.8) is 0 Å². The van der Waals surface area contributed by atoms with Crippen LogP contribution >= 0.6 is 31.9 Å². The lowest BCUT2D eigenvalue weighted by Crippen LogP contribution is -2.04. The quantitative estimate of drug-likeness (QED) is 0.834. The molecule has 62 valence electrons. The summed E-state index contributed by atoms with van der Waals surface area (Å²) in [6.45, 7) is 5.23. The van der Waals surface area contributed by atoms with E-state index in [-0.39, 0.29) is 0 Å². The van der Waals surface area contributed by atoms with Gasteiger partial charge in [0.15, 0.2) is 0 Å². The fourth-order valence-corrected chi connectivity index (χ4v) is 1.80. The number of rotatable bonds is 2. The van der Waals surface area contributed by atoms with Crippen molar-refractivity contribution >= 4 is 31.9 Å². The molecule has 0 aromatic carbocycles. The molecule has 0 aliphatic rings. The van der Waals surface area contributed by atoms with Gasteiger partial charge in [-0.15, -0.1) is 10.2 Å². The van der Waals surface area contributed by atoms with Gasteiger partial charge >= 0.3 is 0 Å². The first-order valence-electron chi connectivity index (χ1n) is 3.35. The molecule has 0 aliphatic carbocycles. The van der Waals surface area contributed by atoms with Crippen LogP contribution in [0.5, 0.6) is 0 Å². The smallest absolute Gasteiger partial charge is 0.200 e. The van der Waals surface area contributed by atoms with E-state index >= 15 is 0 Å². The first kappa shape index (κ1) is 9.19. The van der Waals surface area contributed by atoms with E-state index in [1.807, 2.05) is 4.57 Å². The van der Waals surface area contributed by atoms with Gasteiger partial charge in [-0.05, 0) is 37.8 Å². The average Bonchev–Trinajstić information content (AvgIpc) is 2.18. The fraction of sp³-hybridized carbons (Fsp3) is 0.667. The third-order valence-corrected chi connectivity index (χ3v) is 2.38. The summed E-state index contributed by atoms with van der Waals surface area (Å²) in [4.78, 5) is 0. The second-order valence-corrected chi connectivity index (χ2v) is 4.16. The minimum atomic E-state index is 0.596. The Kier molecular flexibility index (Phi) is 3.06. The Labute approximate surface area is 82.5 Å². The van der Waals surface area contributed by atoms with Crippen LogP contribution < -0.4 is 0 Å². The summed E-state index contributed by atoms with van der Waals surface area (Å²) in [7, 11) is 0. The minimum absolute atomic E-state index is 0.596. The van der Waals surface area contributed by atoms with Gasteiger partial charge in [-0.3, -0.25) is 4.57 Å². The Morgan fingerprint density at radius 3 is 2.09 bits per heavy atom. The lowest BCUT2D eigenvalue weighted by Gasteiger charge is -2.06. The summed E-state index contributed by atoms with van der Waals surface area (Å²) in [5.41, 5.74) is 0. The minimum Gasteiger partial charge on any atom is -0.296 e. The normalized spacial score (nSPS) is 11.0. The Balaban J connectivity index is 2.83. The molecule has 0 amide bonds. The van der Waals surface area contributed by atoms with Crippen LogP contribution in [0.25, 0.3) is 0 Å². The summed E-state index contributed by atoms with van der Waals surface area (Å²) < 4.78 is 3.53. The molecule has 3 nitrogen and oxygen atoms in total. The Morgan fingerprint density at radius 2 is 1.73 bits per heavy atom. The zero-order valence-electron chi connectivity index (χ0n) is 6.38. The number of nitrogens with zero attached hydrogens (tertiary/aromatic N) is 3. The van der Waals surface area contributed by atoms with E-state index in [0.29, 0.717) is 5.92 Å². The maximum absolute atomic E-state index is 3.85. The molecule has 1 aromatic heterocycles. The van der Waals surface area contributed by atoms with Gasteiger partial charge in [-0.1, -0.05) is 13.8 Å². The molecule has 0 saturated heterocycles. The molecule has 5 heteroatoms. The molecule has 0 bridgehead atoms. The molecule has 0 unspecified atom stereocenters. The zero-order valence-corrected chi connectivity index (χ0v) is 9.55. The summed E-state index contributed by atoms with van der Waals surface area (Å²) >= 11 is 6.61. The second kappa shape index (κ2) is 3.67. The zero-order chi connectivity index (χ0) is 8.43. The maximum Gasteiger partial charge on any atom is 0.200 e. The largest absolute Gasteiger partial charge is 0.296 e. The molecule has 0 fully saturated rings. The average molecular weight is 283 g/mol. The van der Waals surface area contributed by atoms with Gasteiger partial charge in [-0.25, -0.2) is 0 Å². The van der Waals surface area contributed by atoms with E-state index < -0.39 is 0 Å². The lowest BCUT2D eigenvalue weighted by atomic mass is 10.2. The van der Waals surface area contributed by atoms with E-state index in [4.69, 9.17) is 0 Å². The number of hydrogen-bond donors (Lipinski definition) is 0. The summed E-state index contributed by atoms with van der Waals surface area (Å²) in [6.07, 6.45) is 0. The molecule has 0 atom stereocenters. The van der Waals surface area contributed by atoms with Crippen LogP contribution in [-0.4, -0.2) is 14.8 Å². The van der Waals surface area contributed by atoms with Crippen molar-refractivity contribution in [2.45, 2.75) is 20.4 Å². The molecule has 1 rings (SSSR count). The molecule has 0 radical (unpaired) electrons. The van der Waals surface area contributed by atoms with Crippen molar-refractivity contribution in [2.75, 3.05) is 0 Å². The van der Waals surface area contributed by atoms with Crippen molar-refractivity contribution in [3.8, 4) is 0 Å². The Hall–Kier alpha value is 0.1000. The van der Waals surface area contributed by atoms with E-state index in [2.05, 4.69) is 55.9 Å². The predicted molar refractivity (Wildman–Crippen MR) is 50.3 cm³/mol. The van der Waals surface area contributed by atoms with Crippen LogP contribution in [0.3, 0.4) is 0 Å². The van der Waals surface area contributed by atoms with Gasteiger partial charge < -0.3 is 0 Å². The van der Waals surface area contributed by atoms with Crippen LogP contribution in [-0.2, 0) is 6.54 Å². The van der Waals surface area contributed by atoms with E-state index in [1.165, 1.54) is 0 Å². The first-order valence-corrected chi connectivity index (χ1v) is 4.94. The van der Waals surface area contributed by atoms with Gasteiger partial charge in [0.05, 0.1) is 0 Å². The Morgan fingerprint density at radius 1 is 1.27 bits per heavy atom. The van der Waals surface area contributed by atoms with Crippen LogP contribution in [0.15, 0.2) is 9.47 Å². The molecule has 0 N–H and O–H groups in total. The van der Waals surface area contributed by atoms with E-state index in [1.54, 1.807) is 0 Å². The molecule has 0 spiro atoms. The Bertz CT molecular complexity index is 224. The van der Waals surface area contributed by atoms with Crippen molar-refractivity contribution in [1.82, 2.24) is 14.8 Å². The molecular formula is C6H9Br2N3. The second-order valence-electron chi connectivity index (χ2n) is 2.74. The topological polar surface area (TPSA) is 30.7 Å². The van der Waals surface area contributed by atoms with Gasteiger partial charge in [0.25, 0.3) is 0 Å². The SMILES string of the molecule is CC(C)Cn1c(Br)nnc1Br. The number of aromatic nitrogens is 3. The van der Waals surface area contributed by atoms with Crippen molar-refractivity contribution in [2.24, 2.45) is 5.92 Å². The highest BCUT2D eigenvalue weighted by molar-refractivity contribution is 9.11. The molecular weight excluding hydrogens is 274 g/mol. The fourth-order valence-electron chi connectivity index (χ4n) is 0.782. The summed E-state index contributed by atoms with van der Waals surface area (Å²) in [5, 5.41) is 7.70. The van der Waals surface area contributed by atoms with Crippen molar-refractivity contribution in [3.05, 3.63) is 9.47 Å². The number of halogens is 2. The van der Waals surface area contributed by atoms with Crippen LogP contribution in [0.2, 0.25) is 0 Å². The maximum atomic E-state index is 3.85. The lowest BCUT2D eigenvalue weighted by molar-refractivity contribution is 0.508. The molecule has 1 heterocycles. The van der Waals surface area contributed by atoms with E-state index in [0.717, 1.165) is 16.0 Å². The summed E-state index contributed by atoms with van der Waals surface area (Å²) in [6, 6.07) is 0. The van der Waals surface area contributed by atoms with Crippen molar-refractivity contribution < 1.29 is 0 Å². The van der Waals surface area contributed by atoms with Crippen LogP contribution in [0.1, 0.15) is 13.8 Å². The molecule has 0 saturated carbocycles. The van der Waals surface area contributed by atoms with Gasteiger partial charge in [-0.2, -0.15) is 0 Å². The highest BCUT2D eigenvalue weighted by Gasteiger charge is 2.07. The van der Waals surface area contributed by atoms with Gasteiger partial charge in [0.2, 0.25) is 9.47 Å². The predicted octanol–water partition coefficient (Wildman–Crippen LogP) is 2.46. The van der Waals surface area contributed by atoms with Crippen LogP contribution in [0, 0.1) is 5.92 Å². The highest BCUT2D eigenvalue weighted by atomic mass is 79.9. The van der Waals surface area contributed by atoms with Crippen molar-refractivity contribution in [1.29, 1.82) is 0 Å². The van der Waals surface area contributed by atoms with Crippen LogP contribution in [0.4, 0.5) is 0 Å². The molecule has 0 aliphatic heterocycles. The number of hydrogen-bond acceptors (Lipinski definition) is 2. The third kappa shape index (κ3) is 2.27. The standard InChI is InChI=1S/C6H9Br2N3/c1-4(2)3-11-5(7)9-10-6(11)8/h4H,3H2,1-2H3. The first-order chi connectivity index (χ1) is 5.11.